The maximum atomic E-state index is 13.4. The minimum atomic E-state index is -3.66. The third-order valence-corrected chi connectivity index (χ3v) is 6.17. The standard InChI is InChI=1S/C15H16FNO3S/c16-13-4-6-15(12(9-13)2-1-7-18)21(19,20)17-10-11-3-5-14(17)8-11/h4,6,9,11,14,18H,3,5,7-8,10H2. The monoisotopic (exact) mass is 309 g/mol. The van der Waals surface area contributed by atoms with Crippen molar-refractivity contribution in [3.05, 3.63) is 29.6 Å². The van der Waals surface area contributed by atoms with Crippen molar-refractivity contribution < 1.29 is 17.9 Å². The predicted molar refractivity (Wildman–Crippen MR) is 75.4 cm³/mol. The lowest BCUT2D eigenvalue weighted by Gasteiger charge is -2.26. The summed E-state index contributed by atoms with van der Waals surface area (Å²) in [7, 11) is -3.66. The third-order valence-electron chi connectivity index (χ3n) is 4.19. The highest BCUT2D eigenvalue weighted by Gasteiger charge is 2.44. The summed E-state index contributed by atoms with van der Waals surface area (Å²) in [6.45, 7) is 0.141. The lowest BCUT2D eigenvalue weighted by molar-refractivity contribution is 0.333. The van der Waals surface area contributed by atoms with Crippen molar-refractivity contribution >= 4 is 10.0 Å². The highest BCUT2D eigenvalue weighted by Crippen LogP contribution is 2.40. The van der Waals surface area contributed by atoms with Crippen molar-refractivity contribution in [1.82, 2.24) is 4.31 Å². The molecule has 1 saturated heterocycles. The first-order chi connectivity index (χ1) is 10.0. The summed E-state index contributed by atoms with van der Waals surface area (Å²) in [4.78, 5) is 0.0254. The average molecular weight is 309 g/mol. The third kappa shape index (κ3) is 2.57. The summed E-state index contributed by atoms with van der Waals surface area (Å²) in [6, 6.07) is 3.55. The van der Waals surface area contributed by atoms with Crippen LogP contribution >= 0.6 is 0 Å². The number of aliphatic hydroxyl groups excluding tert-OH is 1. The normalized spacial score (nSPS) is 24.9. The molecule has 1 aliphatic carbocycles. The average Bonchev–Trinajstić information content (AvgIpc) is 3.07. The highest BCUT2D eigenvalue weighted by molar-refractivity contribution is 7.89. The van der Waals surface area contributed by atoms with Crippen molar-refractivity contribution in [2.75, 3.05) is 13.2 Å². The van der Waals surface area contributed by atoms with E-state index in [2.05, 4.69) is 11.8 Å². The molecule has 6 heteroatoms. The number of piperidine rings is 1. The van der Waals surface area contributed by atoms with Gasteiger partial charge in [-0.1, -0.05) is 11.8 Å². The molecule has 3 rings (SSSR count). The first-order valence-corrected chi connectivity index (χ1v) is 8.37. The van der Waals surface area contributed by atoms with E-state index in [1.807, 2.05) is 0 Å². The molecular weight excluding hydrogens is 293 g/mol. The molecule has 1 aromatic rings. The minimum Gasteiger partial charge on any atom is -0.384 e. The van der Waals surface area contributed by atoms with E-state index in [1.54, 1.807) is 0 Å². The fourth-order valence-corrected chi connectivity index (χ4v) is 5.13. The van der Waals surface area contributed by atoms with Crippen LogP contribution in [0.1, 0.15) is 24.8 Å². The number of sulfonamides is 1. The summed E-state index contributed by atoms with van der Waals surface area (Å²) < 4.78 is 40.5. The van der Waals surface area contributed by atoms with Gasteiger partial charge in [-0.3, -0.25) is 0 Å². The lowest BCUT2D eigenvalue weighted by Crippen LogP contribution is -2.37. The Bertz CT molecular complexity index is 720. The van der Waals surface area contributed by atoms with Gasteiger partial charge in [-0.2, -0.15) is 4.31 Å². The van der Waals surface area contributed by atoms with E-state index in [1.165, 1.54) is 10.4 Å². The van der Waals surface area contributed by atoms with Crippen LogP contribution in [0.4, 0.5) is 4.39 Å². The van der Waals surface area contributed by atoms with Gasteiger partial charge in [-0.05, 0) is 43.4 Å². The molecule has 1 heterocycles. The van der Waals surface area contributed by atoms with Crippen LogP contribution in [0, 0.1) is 23.6 Å². The van der Waals surface area contributed by atoms with Gasteiger partial charge in [-0.25, -0.2) is 12.8 Å². The van der Waals surface area contributed by atoms with Crippen molar-refractivity contribution in [2.45, 2.75) is 30.2 Å². The molecule has 2 aliphatic rings. The number of nitrogens with zero attached hydrogens (tertiary/aromatic N) is 1. The molecule has 0 aromatic heterocycles. The van der Waals surface area contributed by atoms with E-state index < -0.39 is 22.4 Å². The van der Waals surface area contributed by atoms with Gasteiger partial charge in [0.05, 0.1) is 4.90 Å². The minimum absolute atomic E-state index is 0.0254. The van der Waals surface area contributed by atoms with Gasteiger partial charge >= 0.3 is 0 Å². The Morgan fingerprint density at radius 2 is 2.19 bits per heavy atom. The molecule has 2 bridgehead atoms. The molecule has 0 spiro atoms. The maximum Gasteiger partial charge on any atom is 0.244 e. The van der Waals surface area contributed by atoms with Crippen LogP contribution in [-0.2, 0) is 10.0 Å². The predicted octanol–water partition coefficient (Wildman–Crippen LogP) is 1.34. The van der Waals surface area contributed by atoms with E-state index in [4.69, 9.17) is 5.11 Å². The van der Waals surface area contributed by atoms with Crippen LogP contribution in [-0.4, -0.2) is 37.0 Å². The fourth-order valence-electron chi connectivity index (χ4n) is 3.26. The van der Waals surface area contributed by atoms with Gasteiger partial charge < -0.3 is 5.11 Å². The summed E-state index contributed by atoms with van der Waals surface area (Å²) in [6.07, 6.45) is 2.89. The molecule has 1 N–H and O–H groups in total. The summed E-state index contributed by atoms with van der Waals surface area (Å²) in [5.41, 5.74) is 0.104. The maximum absolute atomic E-state index is 13.4. The number of benzene rings is 1. The van der Waals surface area contributed by atoms with Crippen molar-refractivity contribution in [3.63, 3.8) is 0 Å². The first-order valence-electron chi connectivity index (χ1n) is 6.93. The second-order valence-corrected chi connectivity index (χ2v) is 7.37. The SMILES string of the molecule is O=S(=O)(c1ccc(F)cc1C#CCO)N1CC2CCC1C2. The molecule has 4 nitrogen and oxygen atoms in total. The van der Waals surface area contributed by atoms with Gasteiger partial charge in [0.2, 0.25) is 10.0 Å². The quantitative estimate of drug-likeness (QED) is 0.839. The number of aliphatic hydroxyl groups is 1. The van der Waals surface area contributed by atoms with Crippen molar-refractivity contribution in [1.29, 1.82) is 0 Å². The van der Waals surface area contributed by atoms with Gasteiger partial charge in [0, 0.05) is 18.2 Å². The highest BCUT2D eigenvalue weighted by atomic mass is 32.2. The van der Waals surface area contributed by atoms with Crippen molar-refractivity contribution in [2.24, 2.45) is 5.92 Å². The molecule has 0 radical (unpaired) electrons. The zero-order valence-corrected chi connectivity index (χ0v) is 12.2. The molecule has 1 aromatic carbocycles. The number of fused-ring (bicyclic) bond motifs is 2. The van der Waals surface area contributed by atoms with E-state index in [0.717, 1.165) is 31.4 Å². The first kappa shape index (κ1) is 14.5. The largest absolute Gasteiger partial charge is 0.384 e. The molecule has 2 atom stereocenters. The smallest absolute Gasteiger partial charge is 0.244 e. The van der Waals surface area contributed by atoms with Crippen LogP contribution < -0.4 is 0 Å². The second kappa shape index (κ2) is 5.41. The summed E-state index contributed by atoms with van der Waals surface area (Å²) in [5, 5.41) is 8.76. The van der Waals surface area contributed by atoms with Crippen LogP contribution in [0.25, 0.3) is 0 Å². The topological polar surface area (TPSA) is 57.6 Å². The Morgan fingerprint density at radius 1 is 1.38 bits per heavy atom. The van der Waals surface area contributed by atoms with Gasteiger partial charge in [0.25, 0.3) is 0 Å². The van der Waals surface area contributed by atoms with Crippen LogP contribution in [0.2, 0.25) is 0 Å². The number of hydrogen-bond acceptors (Lipinski definition) is 3. The van der Waals surface area contributed by atoms with Crippen molar-refractivity contribution in [3.8, 4) is 11.8 Å². The van der Waals surface area contributed by atoms with Gasteiger partial charge in [-0.15, -0.1) is 0 Å². The van der Waals surface area contributed by atoms with E-state index in [-0.39, 0.29) is 16.5 Å². The van der Waals surface area contributed by atoms with E-state index in [9.17, 15) is 12.8 Å². The molecule has 2 unspecified atom stereocenters. The van der Waals surface area contributed by atoms with Crippen LogP contribution in [0.15, 0.2) is 23.1 Å². The zero-order chi connectivity index (χ0) is 15.0. The molecule has 21 heavy (non-hydrogen) atoms. The molecule has 1 aliphatic heterocycles. The number of halogens is 1. The summed E-state index contributed by atoms with van der Waals surface area (Å²) in [5.74, 6) is 4.82. The van der Waals surface area contributed by atoms with E-state index in [0.29, 0.717) is 12.5 Å². The van der Waals surface area contributed by atoms with Gasteiger partial charge in [0.15, 0.2) is 0 Å². The Balaban J connectivity index is 2.03. The Morgan fingerprint density at radius 3 is 2.81 bits per heavy atom. The molecule has 112 valence electrons. The van der Waals surface area contributed by atoms with Crippen LogP contribution in [0.5, 0.6) is 0 Å². The summed E-state index contributed by atoms with van der Waals surface area (Å²) >= 11 is 0. The molecule has 1 saturated carbocycles. The number of rotatable bonds is 2. The van der Waals surface area contributed by atoms with E-state index >= 15 is 0 Å². The Kier molecular flexibility index (Phi) is 3.74. The fraction of sp³-hybridized carbons (Fsp3) is 0.467. The lowest BCUT2D eigenvalue weighted by atomic mass is 10.1. The molecule has 2 fully saturated rings. The Hall–Kier alpha value is -1.42. The van der Waals surface area contributed by atoms with Crippen LogP contribution in [0.3, 0.4) is 0 Å². The Labute approximate surface area is 123 Å². The molecule has 0 amide bonds. The number of hydrogen-bond donors (Lipinski definition) is 1. The zero-order valence-electron chi connectivity index (χ0n) is 11.4. The second-order valence-electron chi connectivity index (χ2n) is 5.51. The molecular formula is C15H16FNO3S. The van der Waals surface area contributed by atoms with Gasteiger partial charge in [0.1, 0.15) is 12.4 Å².